The van der Waals surface area contributed by atoms with E-state index in [9.17, 15) is 4.79 Å². The molecule has 1 aromatic rings. The van der Waals surface area contributed by atoms with Gasteiger partial charge in [-0.3, -0.25) is 4.79 Å². The van der Waals surface area contributed by atoms with Gasteiger partial charge in [0.25, 0.3) is 0 Å². The zero-order valence-electron chi connectivity index (χ0n) is 11.9. The summed E-state index contributed by atoms with van der Waals surface area (Å²) in [5, 5.41) is 6.58. The first-order valence-electron chi connectivity index (χ1n) is 7.27. The molecule has 1 amide bonds. The van der Waals surface area contributed by atoms with Gasteiger partial charge in [-0.1, -0.05) is 18.5 Å². The fourth-order valence-corrected chi connectivity index (χ4v) is 2.89. The van der Waals surface area contributed by atoms with Crippen LogP contribution >= 0.6 is 11.6 Å². The molecular weight excluding hydrogens is 292 g/mol. The number of carbonyl (C=O) groups is 1. The molecule has 21 heavy (non-hydrogen) atoms. The lowest BCUT2D eigenvalue weighted by Crippen LogP contribution is -2.45. The number of carbonyl (C=O) groups excluding carboxylic acids is 1. The Hall–Kier alpha value is -1.46. The van der Waals surface area contributed by atoms with Gasteiger partial charge < -0.3 is 20.1 Å². The molecule has 114 valence electrons. The molecule has 2 heterocycles. The summed E-state index contributed by atoms with van der Waals surface area (Å²) in [4.78, 5) is 12.3. The maximum atomic E-state index is 12.3. The highest BCUT2D eigenvalue weighted by Gasteiger charge is 2.25. The molecule has 1 saturated heterocycles. The monoisotopic (exact) mass is 310 g/mol. The first kappa shape index (κ1) is 14.5. The predicted octanol–water partition coefficient (Wildman–Crippen LogP) is 2.44. The van der Waals surface area contributed by atoms with Crippen molar-refractivity contribution in [2.45, 2.75) is 25.8 Å². The topological polar surface area (TPSA) is 59.6 Å². The molecule has 2 unspecified atom stereocenters. The molecule has 0 aromatic heterocycles. The van der Waals surface area contributed by atoms with Crippen LogP contribution in [0.25, 0.3) is 0 Å². The highest BCUT2D eigenvalue weighted by atomic mass is 35.5. The maximum absolute atomic E-state index is 12.3. The highest BCUT2D eigenvalue weighted by Crippen LogP contribution is 2.38. The summed E-state index contributed by atoms with van der Waals surface area (Å²) in [5.74, 6) is 1.73. The number of amides is 1. The van der Waals surface area contributed by atoms with Crippen LogP contribution in [0.3, 0.4) is 0 Å². The molecule has 0 aliphatic carbocycles. The van der Waals surface area contributed by atoms with Crippen LogP contribution in [0.2, 0.25) is 5.02 Å². The van der Waals surface area contributed by atoms with Crippen LogP contribution < -0.4 is 20.1 Å². The van der Waals surface area contributed by atoms with E-state index in [-0.39, 0.29) is 11.9 Å². The molecule has 1 aromatic carbocycles. The molecule has 5 nitrogen and oxygen atoms in total. The molecule has 6 heteroatoms. The number of halogens is 1. The van der Waals surface area contributed by atoms with E-state index in [1.165, 1.54) is 0 Å². The fraction of sp³-hybridized carbons (Fsp3) is 0.533. The third-order valence-electron chi connectivity index (χ3n) is 3.87. The number of anilines is 1. The van der Waals surface area contributed by atoms with Crippen LogP contribution in [0.4, 0.5) is 5.69 Å². The van der Waals surface area contributed by atoms with Gasteiger partial charge in [0.05, 0.1) is 16.8 Å². The van der Waals surface area contributed by atoms with E-state index >= 15 is 0 Å². The van der Waals surface area contributed by atoms with E-state index in [0.717, 1.165) is 19.4 Å². The van der Waals surface area contributed by atoms with E-state index in [0.29, 0.717) is 41.3 Å². The average Bonchev–Trinajstić information content (AvgIpc) is 2.48. The SMILES string of the molecule is CC1CCNC(C(=O)Nc2cc3c(cc2Cl)OCCO3)C1. The lowest BCUT2D eigenvalue weighted by Gasteiger charge is -2.27. The molecule has 0 saturated carbocycles. The zero-order valence-corrected chi connectivity index (χ0v) is 12.7. The Labute approximate surface area is 128 Å². The summed E-state index contributed by atoms with van der Waals surface area (Å²) in [7, 11) is 0. The number of ether oxygens (including phenoxy) is 2. The van der Waals surface area contributed by atoms with Crippen LogP contribution in [0, 0.1) is 5.92 Å². The standard InChI is InChI=1S/C15H19ClN2O3/c1-9-2-3-17-12(6-9)15(19)18-11-8-14-13(7-10(11)16)20-4-5-21-14/h7-9,12,17H,2-6H2,1H3,(H,18,19). The predicted molar refractivity (Wildman–Crippen MR) is 81.3 cm³/mol. The van der Waals surface area contributed by atoms with Gasteiger partial charge in [0.15, 0.2) is 11.5 Å². The van der Waals surface area contributed by atoms with Gasteiger partial charge in [-0.15, -0.1) is 0 Å². The lowest BCUT2D eigenvalue weighted by molar-refractivity contribution is -0.119. The molecule has 3 rings (SSSR count). The Morgan fingerprint density at radius 1 is 1.33 bits per heavy atom. The molecule has 2 N–H and O–H groups in total. The second kappa shape index (κ2) is 6.12. The van der Waals surface area contributed by atoms with Gasteiger partial charge in [0.1, 0.15) is 13.2 Å². The number of fused-ring (bicyclic) bond motifs is 1. The van der Waals surface area contributed by atoms with E-state index < -0.39 is 0 Å². The van der Waals surface area contributed by atoms with Crippen molar-refractivity contribution in [1.82, 2.24) is 5.32 Å². The van der Waals surface area contributed by atoms with Crippen LogP contribution in [-0.4, -0.2) is 31.7 Å². The van der Waals surface area contributed by atoms with Crippen molar-refractivity contribution in [2.24, 2.45) is 5.92 Å². The van der Waals surface area contributed by atoms with E-state index in [2.05, 4.69) is 17.6 Å². The first-order chi connectivity index (χ1) is 10.1. The number of hydrogen-bond donors (Lipinski definition) is 2. The molecule has 2 aliphatic rings. The number of nitrogens with one attached hydrogen (secondary N) is 2. The van der Waals surface area contributed by atoms with Crippen molar-refractivity contribution >= 4 is 23.2 Å². The van der Waals surface area contributed by atoms with Gasteiger partial charge in [0.2, 0.25) is 5.91 Å². The third kappa shape index (κ3) is 3.24. The smallest absolute Gasteiger partial charge is 0.241 e. The van der Waals surface area contributed by atoms with Gasteiger partial charge in [-0.25, -0.2) is 0 Å². The zero-order chi connectivity index (χ0) is 14.8. The van der Waals surface area contributed by atoms with Gasteiger partial charge in [-0.2, -0.15) is 0 Å². The van der Waals surface area contributed by atoms with Crippen LogP contribution in [0.1, 0.15) is 19.8 Å². The van der Waals surface area contributed by atoms with E-state index in [4.69, 9.17) is 21.1 Å². The fourth-order valence-electron chi connectivity index (χ4n) is 2.69. The summed E-state index contributed by atoms with van der Waals surface area (Å²) < 4.78 is 11.0. The number of hydrogen-bond acceptors (Lipinski definition) is 4. The van der Waals surface area contributed by atoms with Gasteiger partial charge in [0, 0.05) is 12.1 Å². The number of benzene rings is 1. The minimum absolute atomic E-state index is 0.0554. The van der Waals surface area contributed by atoms with Crippen molar-refractivity contribution < 1.29 is 14.3 Å². The average molecular weight is 311 g/mol. The first-order valence-corrected chi connectivity index (χ1v) is 7.64. The minimum Gasteiger partial charge on any atom is -0.486 e. The third-order valence-corrected chi connectivity index (χ3v) is 4.18. The maximum Gasteiger partial charge on any atom is 0.241 e. The molecular formula is C15H19ClN2O3. The Bertz CT molecular complexity index is 550. The van der Waals surface area contributed by atoms with Crippen molar-refractivity contribution in [3.05, 3.63) is 17.2 Å². The molecule has 0 bridgehead atoms. The van der Waals surface area contributed by atoms with Gasteiger partial charge >= 0.3 is 0 Å². The van der Waals surface area contributed by atoms with Crippen molar-refractivity contribution in [3.63, 3.8) is 0 Å². The van der Waals surface area contributed by atoms with Crippen molar-refractivity contribution in [1.29, 1.82) is 0 Å². The Kier molecular flexibility index (Phi) is 4.22. The molecule has 1 fully saturated rings. The second-order valence-electron chi connectivity index (χ2n) is 5.60. The summed E-state index contributed by atoms with van der Waals surface area (Å²) in [6, 6.07) is 3.24. The molecule has 2 aliphatic heterocycles. The largest absolute Gasteiger partial charge is 0.486 e. The lowest BCUT2D eigenvalue weighted by atomic mass is 9.94. The summed E-state index contributed by atoms with van der Waals surface area (Å²) in [6.07, 6.45) is 1.95. The van der Waals surface area contributed by atoms with Crippen LogP contribution in [0.5, 0.6) is 11.5 Å². The Morgan fingerprint density at radius 2 is 2.05 bits per heavy atom. The minimum atomic E-state index is -0.169. The normalized spacial score (nSPS) is 24.5. The van der Waals surface area contributed by atoms with Gasteiger partial charge in [-0.05, 0) is 25.3 Å². The van der Waals surface area contributed by atoms with E-state index in [1.54, 1.807) is 12.1 Å². The Balaban J connectivity index is 1.73. The van der Waals surface area contributed by atoms with Crippen LogP contribution in [0.15, 0.2) is 12.1 Å². The van der Waals surface area contributed by atoms with E-state index in [1.807, 2.05) is 0 Å². The number of piperidine rings is 1. The van der Waals surface area contributed by atoms with Crippen molar-refractivity contribution in [3.8, 4) is 11.5 Å². The quantitative estimate of drug-likeness (QED) is 0.881. The summed E-state index contributed by atoms with van der Waals surface area (Å²) in [6.45, 7) is 4.05. The molecule has 0 radical (unpaired) electrons. The number of rotatable bonds is 2. The summed E-state index contributed by atoms with van der Waals surface area (Å²) >= 11 is 6.20. The molecule has 2 atom stereocenters. The van der Waals surface area contributed by atoms with Crippen LogP contribution in [-0.2, 0) is 4.79 Å². The van der Waals surface area contributed by atoms with Crippen molar-refractivity contribution in [2.75, 3.05) is 25.1 Å². The second-order valence-corrected chi connectivity index (χ2v) is 6.01. The highest BCUT2D eigenvalue weighted by molar-refractivity contribution is 6.34. The Morgan fingerprint density at radius 3 is 2.76 bits per heavy atom. The summed E-state index contributed by atoms with van der Waals surface area (Å²) in [5.41, 5.74) is 0.561. The molecule has 0 spiro atoms.